The quantitative estimate of drug-likeness (QED) is 0.677. The van der Waals surface area contributed by atoms with E-state index in [-0.39, 0.29) is 35.3 Å². The van der Waals surface area contributed by atoms with Gasteiger partial charge >= 0.3 is 0 Å². The Morgan fingerprint density at radius 2 is 2.25 bits per heavy atom. The lowest BCUT2D eigenvalue weighted by atomic mass is 9.84. The fourth-order valence-electron chi connectivity index (χ4n) is 2.89. The summed E-state index contributed by atoms with van der Waals surface area (Å²) in [5.74, 6) is -0.854. The minimum absolute atomic E-state index is 0.0386. The van der Waals surface area contributed by atoms with Gasteiger partial charge in [-0.3, -0.25) is 10.2 Å². The first-order valence-electron chi connectivity index (χ1n) is 7.32. The van der Waals surface area contributed by atoms with E-state index in [1.54, 1.807) is 0 Å². The Labute approximate surface area is 138 Å². The average molecular weight is 355 g/mol. The van der Waals surface area contributed by atoms with Crippen molar-refractivity contribution in [2.24, 2.45) is 10.2 Å². The third-order valence-electron chi connectivity index (χ3n) is 3.93. The second-order valence-corrected chi connectivity index (χ2v) is 7.06. The molecule has 0 bridgehead atoms. The first-order valence-corrected chi connectivity index (χ1v) is 8.87. The van der Waals surface area contributed by atoms with Crippen LogP contribution in [-0.2, 0) is 19.6 Å². The van der Waals surface area contributed by atoms with Crippen molar-refractivity contribution < 1.29 is 27.8 Å². The molecule has 3 rings (SSSR count). The zero-order valence-electron chi connectivity index (χ0n) is 12.9. The second kappa shape index (κ2) is 5.72. The van der Waals surface area contributed by atoms with Gasteiger partial charge in [-0.05, 0) is 6.07 Å². The number of nitrogens with zero attached hydrogens (tertiary/aromatic N) is 1. The van der Waals surface area contributed by atoms with Gasteiger partial charge in [0.2, 0.25) is 21.4 Å². The molecule has 0 radical (unpaired) electrons. The highest BCUT2D eigenvalue weighted by molar-refractivity contribution is 7.89. The van der Waals surface area contributed by atoms with Gasteiger partial charge in [0.25, 0.3) is 5.90 Å². The third-order valence-corrected chi connectivity index (χ3v) is 4.87. The number of aliphatic hydroxyl groups excluding tert-OH is 1. The Balaban J connectivity index is 2.22. The van der Waals surface area contributed by atoms with Crippen LogP contribution in [0.15, 0.2) is 28.2 Å². The summed E-state index contributed by atoms with van der Waals surface area (Å²) in [7, 11) is -4.12. The molecule has 2 unspecified atom stereocenters. The molecule has 0 saturated heterocycles. The van der Waals surface area contributed by atoms with Crippen LogP contribution in [0.1, 0.15) is 31.4 Å². The Kier molecular flexibility index (Phi) is 3.98. The molecule has 1 aromatic carbocycles. The number of para-hydroxylation sites is 1. The molecule has 0 spiro atoms. The van der Waals surface area contributed by atoms with E-state index in [4.69, 9.17) is 14.6 Å². The number of aliphatic hydroxyl groups is 1. The summed E-state index contributed by atoms with van der Waals surface area (Å²) >= 11 is 0. The van der Waals surface area contributed by atoms with Crippen molar-refractivity contribution in [1.82, 2.24) is 5.43 Å². The number of Topliss-reactive ketones (excluding diaryl/α,β-unsaturated/α-hetero) is 1. The van der Waals surface area contributed by atoms with Crippen molar-refractivity contribution in [3.63, 3.8) is 0 Å². The molecule has 4 N–H and O–H groups in total. The minimum Gasteiger partial charge on any atom is -0.468 e. The van der Waals surface area contributed by atoms with Gasteiger partial charge in [-0.2, -0.15) is 0 Å². The van der Waals surface area contributed by atoms with Crippen molar-refractivity contribution in [2.45, 2.75) is 36.4 Å². The number of hydrogen-bond donors (Lipinski definition) is 3. The predicted octanol–water partition coefficient (Wildman–Crippen LogP) is -0.241. The number of nitrogens with two attached hydrogens (primary N) is 1. The molecule has 0 aliphatic carbocycles. The van der Waals surface area contributed by atoms with Crippen LogP contribution in [0.3, 0.4) is 0 Å². The number of hydrazone groups is 1. The average Bonchev–Trinajstić information content (AvgIpc) is 3.06. The van der Waals surface area contributed by atoms with Gasteiger partial charge in [-0.15, -0.1) is 5.10 Å². The first-order chi connectivity index (χ1) is 11.3. The molecule has 0 amide bonds. The van der Waals surface area contributed by atoms with Gasteiger partial charge in [0.05, 0.1) is 0 Å². The van der Waals surface area contributed by atoms with Gasteiger partial charge in [-0.1, -0.05) is 25.5 Å². The molecule has 10 heteroatoms. The van der Waals surface area contributed by atoms with E-state index < -0.39 is 27.5 Å². The summed E-state index contributed by atoms with van der Waals surface area (Å²) in [6, 6.07) is 4.05. The van der Waals surface area contributed by atoms with Crippen molar-refractivity contribution >= 4 is 21.7 Å². The lowest BCUT2D eigenvalue weighted by Gasteiger charge is -2.38. The number of ketones is 1. The van der Waals surface area contributed by atoms with Crippen LogP contribution < -0.4 is 15.3 Å². The van der Waals surface area contributed by atoms with Gasteiger partial charge in [0.1, 0.15) is 16.7 Å². The minimum atomic E-state index is -4.12. The first kappa shape index (κ1) is 16.7. The Bertz CT molecular complexity index is 822. The number of primary sulfonamides is 1. The van der Waals surface area contributed by atoms with E-state index in [0.717, 1.165) is 0 Å². The standard InChI is InChI=1S/C14H17N3O6S/c1-2-6-14(13-17-16-7-22-13)12(19)10(18)8-4-3-5-9(11(8)23-14)24(15,20)21/h3-5,10,16,18H,2,6-7H2,1H3,(H2,15,20,21). The Morgan fingerprint density at radius 3 is 2.83 bits per heavy atom. The smallest absolute Gasteiger partial charge is 0.260 e. The highest BCUT2D eigenvalue weighted by Crippen LogP contribution is 2.43. The number of ether oxygens (including phenoxy) is 2. The summed E-state index contributed by atoms with van der Waals surface area (Å²) in [6.07, 6.45) is -0.913. The van der Waals surface area contributed by atoms with Crippen molar-refractivity contribution in [1.29, 1.82) is 0 Å². The fourth-order valence-corrected chi connectivity index (χ4v) is 3.58. The molecular formula is C14H17N3O6S. The van der Waals surface area contributed by atoms with Crippen molar-refractivity contribution in [3.8, 4) is 5.75 Å². The number of carbonyl (C=O) groups excluding carboxylic acids is 1. The van der Waals surface area contributed by atoms with Crippen LogP contribution in [0.2, 0.25) is 0 Å². The van der Waals surface area contributed by atoms with Gasteiger partial charge in [0, 0.05) is 12.0 Å². The molecule has 0 fully saturated rings. The van der Waals surface area contributed by atoms with Crippen LogP contribution in [0.25, 0.3) is 0 Å². The van der Waals surface area contributed by atoms with Crippen molar-refractivity contribution in [2.75, 3.05) is 6.73 Å². The van der Waals surface area contributed by atoms with Crippen LogP contribution in [-0.4, -0.2) is 37.5 Å². The van der Waals surface area contributed by atoms with E-state index >= 15 is 0 Å². The zero-order chi connectivity index (χ0) is 17.5. The third kappa shape index (κ3) is 2.43. The van der Waals surface area contributed by atoms with Crippen LogP contribution in [0.5, 0.6) is 5.75 Å². The van der Waals surface area contributed by atoms with E-state index in [2.05, 4.69) is 10.5 Å². The maximum absolute atomic E-state index is 12.8. The maximum atomic E-state index is 12.8. The molecule has 2 aliphatic heterocycles. The highest BCUT2D eigenvalue weighted by atomic mass is 32.2. The van der Waals surface area contributed by atoms with Gasteiger partial charge < -0.3 is 14.6 Å². The normalized spacial score (nSPS) is 26.0. The Hall–Kier alpha value is -2.17. The van der Waals surface area contributed by atoms with Crippen molar-refractivity contribution in [3.05, 3.63) is 23.8 Å². The summed E-state index contributed by atoms with van der Waals surface area (Å²) in [5.41, 5.74) is 0.909. The highest BCUT2D eigenvalue weighted by Gasteiger charge is 2.55. The number of hydrogen-bond acceptors (Lipinski definition) is 8. The maximum Gasteiger partial charge on any atom is 0.260 e. The van der Waals surface area contributed by atoms with E-state index in [1.165, 1.54) is 18.2 Å². The van der Waals surface area contributed by atoms with Gasteiger partial charge in [-0.25, -0.2) is 13.6 Å². The molecule has 1 aromatic rings. The SMILES string of the molecule is CCCC1(C2=NNCO2)Oc2c(cccc2S(N)(=O)=O)C(O)C1=O. The molecule has 9 nitrogen and oxygen atoms in total. The number of fused-ring (bicyclic) bond motifs is 1. The second-order valence-electron chi connectivity index (χ2n) is 5.53. The molecule has 0 aromatic heterocycles. The number of rotatable bonds is 4. The molecular weight excluding hydrogens is 338 g/mol. The Morgan fingerprint density at radius 1 is 1.50 bits per heavy atom. The lowest BCUT2D eigenvalue weighted by molar-refractivity contribution is -0.142. The topological polar surface area (TPSA) is 140 Å². The summed E-state index contributed by atoms with van der Waals surface area (Å²) in [4.78, 5) is 12.5. The molecule has 2 aliphatic rings. The number of carbonyl (C=O) groups is 1. The number of sulfonamides is 1. The molecule has 130 valence electrons. The summed E-state index contributed by atoms with van der Waals surface area (Å²) < 4.78 is 34.8. The van der Waals surface area contributed by atoms with E-state index in [0.29, 0.717) is 6.42 Å². The molecule has 24 heavy (non-hydrogen) atoms. The summed E-state index contributed by atoms with van der Waals surface area (Å²) in [5, 5.41) is 19.6. The monoisotopic (exact) mass is 355 g/mol. The zero-order valence-corrected chi connectivity index (χ0v) is 13.7. The van der Waals surface area contributed by atoms with Crippen LogP contribution in [0.4, 0.5) is 0 Å². The number of nitrogens with one attached hydrogen (secondary N) is 1. The molecule has 2 atom stereocenters. The molecule has 0 saturated carbocycles. The van der Waals surface area contributed by atoms with Crippen LogP contribution >= 0.6 is 0 Å². The fraction of sp³-hybridized carbons (Fsp3) is 0.429. The summed E-state index contributed by atoms with van der Waals surface area (Å²) in [6.45, 7) is 1.87. The largest absolute Gasteiger partial charge is 0.468 e. The van der Waals surface area contributed by atoms with E-state index in [9.17, 15) is 18.3 Å². The van der Waals surface area contributed by atoms with Crippen LogP contribution in [0, 0.1) is 0 Å². The van der Waals surface area contributed by atoms with Gasteiger partial charge in [0.15, 0.2) is 6.73 Å². The van der Waals surface area contributed by atoms with E-state index in [1.807, 2.05) is 6.92 Å². The lowest BCUT2D eigenvalue weighted by Crippen LogP contribution is -2.56. The number of benzene rings is 1. The predicted molar refractivity (Wildman–Crippen MR) is 82.6 cm³/mol. The molecule has 2 heterocycles.